The van der Waals surface area contributed by atoms with Gasteiger partial charge in [0.05, 0.1) is 9.77 Å². The normalized spacial score (nSPS) is 14.9. The molecule has 0 saturated carbocycles. The van der Waals surface area contributed by atoms with Crippen molar-refractivity contribution in [3.8, 4) is 0 Å². The Hall–Kier alpha value is -3.50. The quantitative estimate of drug-likeness (QED) is 0.563. The predicted molar refractivity (Wildman–Crippen MR) is 128 cm³/mol. The largest absolute Gasteiger partial charge is 0.336 e. The number of nitrogens with zero attached hydrogens (tertiary/aromatic N) is 2. The first-order valence-electron chi connectivity index (χ1n) is 10.6. The van der Waals surface area contributed by atoms with Crippen LogP contribution in [0.25, 0.3) is 0 Å². The van der Waals surface area contributed by atoms with Crippen LogP contribution >= 0.6 is 11.3 Å². The highest BCUT2D eigenvalue weighted by molar-refractivity contribution is 7.92. The molecule has 34 heavy (non-hydrogen) atoms. The van der Waals surface area contributed by atoms with Gasteiger partial charge in [0.2, 0.25) is 15.2 Å². The number of carbonyl (C=O) groups is 3. The zero-order valence-electron chi connectivity index (χ0n) is 18.2. The molecule has 8 nitrogen and oxygen atoms in total. The van der Waals surface area contributed by atoms with E-state index in [0.29, 0.717) is 4.88 Å². The molecular weight excluding hydrogens is 474 g/mol. The number of carbonyl (C=O) groups excluding carboxylic acids is 3. The van der Waals surface area contributed by atoms with E-state index < -0.39 is 27.0 Å². The second-order valence-electron chi connectivity index (χ2n) is 7.67. The Labute approximate surface area is 201 Å². The number of rotatable bonds is 6. The molecular formula is C24H23N3O5S2. The summed E-state index contributed by atoms with van der Waals surface area (Å²) in [5.74, 6) is -1.51. The van der Waals surface area contributed by atoms with Crippen molar-refractivity contribution < 1.29 is 22.8 Å². The first kappa shape index (κ1) is 23.7. The van der Waals surface area contributed by atoms with Gasteiger partial charge in [-0.25, -0.2) is 8.42 Å². The molecule has 0 unspecified atom stereocenters. The van der Waals surface area contributed by atoms with E-state index in [1.807, 2.05) is 5.38 Å². The molecule has 0 radical (unpaired) electrons. The monoisotopic (exact) mass is 497 g/mol. The molecule has 4 rings (SSSR count). The average molecular weight is 498 g/mol. The number of piperazine rings is 1. The third-order valence-corrected chi connectivity index (χ3v) is 8.24. The molecule has 0 aliphatic carbocycles. The fourth-order valence-electron chi connectivity index (χ4n) is 3.66. The molecule has 1 aliphatic heterocycles. The third-order valence-electron chi connectivity index (χ3n) is 5.52. The van der Waals surface area contributed by atoms with Crippen molar-refractivity contribution in [2.45, 2.75) is 10.3 Å². The molecule has 3 amide bonds. The van der Waals surface area contributed by atoms with Gasteiger partial charge >= 0.3 is 0 Å². The van der Waals surface area contributed by atoms with Gasteiger partial charge in [0.1, 0.15) is 0 Å². The Balaban J connectivity index is 1.54. The number of hydrogen-bond acceptors (Lipinski definition) is 6. The zero-order valence-corrected chi connectivity index (χ0v) is 19.8. The van der Waals surface area contributed by atoms with E-state index in [1.54, 1.807) is 65.6 Å². The van der Waals surface area contributed by atoms with Crippen molar-refractivity contribution in [3.63, 3.8) is 0 Å². The van der Waals surface area contributed by atoms with E-state index in [-0.39, 0.29) is 42.5 Å². The van der Waals surface area contributed by atoms with Crippen molar-refractivity contribution in [3.05, 3.63) is 88.6 Å². The summed E-state index contributed by atoms with van der Waals surface area (Å²) < 4.78 is 26.8. The van der Waals surface area contributed by atoms with E-state index in [0.717, 1.165) is 0 Å². The van der Waals surface area contributed by atoms with E-state index in [2.05, 4.69) is 5.32 Å². The van der Waals surface area contributed by atoms with Gasteiger partial charge in [0.15, 0.2) is 0 Å². The molecule has 0 spiro atoms. The lowest BCUT2D eigenvalue weighted by atomic mass is 10.2. The fraction of sp³-hybridized carbons (Fsp3) is 0.208. The van der Waals surface area contributed by atoms with E-state index in [1.165, 1.54) is 28.4 Å². The van der Waals surface area contributed by atoms with Crippen LogP contribution in [0.4, 0.5) is 0 Å². The molecule has 0 bridgehead atoms. The highest BCUT2D eigenvalue weighted by Crippen LogP contribution is 2.19. The van der Waals surface area contributed by atoms with Gasteiger partial charge in [0.25, 0.3) is 17.7 Å². The molecule has 176 valence electrons. The first-order valence-corrected chi connectivity index (χ1v) is 13.1. The molecule has 2 aromatic carbocycles. The number of sulfone groups is 1. The summed E-state index contributed by atoms with van der Waals surface area (Å²) in [4.78, 5) is 42.4. The molecule has 1 aliphatic rings. The summed E-state index contributed by atoms with van der Waals surface area (Å²) in [6.45, 7) is 0.871. The van der Waals surface area contributed by atoms with E-state index in [9.17, 15) is 22.8 Å². The third kappa shape index (κ3) is 5.02. The molecule has 1 saturated heterocycles. The van der Waals surface area contributed by atoms with Gasteiger partial charge in [-0.2, -0.15) is 0 Å². The van der Waals surface area contributed by atoms with Crippen molar-refractivity contribution in [1.82, 2.24) is 15.1 Å². The molecule has 2 heterocycles. The van der Waals surface area contributed by atoms with Crippen LogP contribution in [-0.2, 0) is 14.6 Å². The second-order valence-corrected chi connectivity index (χ2v) is 10.7. The van der Waals surface area contributed by atoms with Crippen LogP contribution in [0.1, 0.15) is 20.0 Å². The lowest BCUT2D eigenvalue weighted by Crippen LogP contribution is -2.57. The minimum atomic E-state index is -4.22. The Morgan fingerprint density at radius 1 is 0.794 bits per heavy atom. The number of thiophene rings is 1. The number of benzene rings is 2. The van der Waals surface area contributed by atoms with E-state index in [4.69, 9.17) is 0 Å². The maximum Gasteiger partial charge on any atom is 0.264 e. The van der Waals surface area contributed by atoms with Gasteiger partial charge in [-0.3, -0.25) is 14.4 Å². The van der Waals surface area contributed by atoms with Crippen LogP contribution in [0, 0.1) is 0 Å². The summed E-state index contributed by atoms with van der Waals surface area (Å²) in [5.41, 5.74) is 0.245. The van der Waals surface area contributed by atoms with Gasteiger partial charge in [-0.15, -0.1) is 11.3 Å². The average Bonchev–Trinajstić information content (AvgIpc) is 3.42. The van der Waals surface area contributed by atoms with Crippen LogP contribution < -0.4 is 5.32 Å². The van der Waals surface area contributed by atoms with Gasteiger partial charge in [-0.1, -0.05) is 42.5 Å². The molecule has 3 aromatic rings. The zero-order chi connectivity index (χ0) is 24.1. The Bertz CT molecular complexity index is 1250. The van der Waals surface area contributed by atoms with Crippen LogP contribution in [0.2, 0.25) is 0 Å². The summed E-state index contributed by atoms with van der Waals surface area (Å²) in [7, 11) is -4.22. The van der Waals surface area contributed by atoms with Crippen molar-refractivity contribution in [2.24, 2.45) is 0 Å². The maximum atomic E-state index is 13.4. The minimum absolute atomic E-state index is 0.0618. The maximum absolute atomic E-state index is 13.4. The smallest absolute Gasteiger partial charge is 0.264 e. The lowest BCUT2D eigenvalue weighted by molar-refractivity contribution is -0.132. The summed E-state index contributed by atoms with van der Waals surface area (Å²) >= 11 is 1.34. The molecule has 1 atom stereocenters. The fourth-order valence-corrected chi connectivity index (χ4v) is 5.84. The lowest BCUT2D eigenvalue weighted by Gasteiger charge is -2.36. The molecule has 10 heteroatoms. The standard InChI is InChI=1S/C24H23N3O5S2/c28-21(18-8-3-1-4-9-18)25-22(34(31,32)19-10-5-2-6-11-19)24(30)27-15-13-26(14-16-27)23(29)20-12-7-17-33-20/h1-12,17,22H,13-16H2,(H,25,28)/t22-/m1/s1. The SMILES string of the molecule is O=C(N[C@@H](C(=O)N1CCN(C(=O)c2cccs2)CC1)S(=O)(=O)c1ccccc1)c1ccccc1. The van der Waals surface area contributed by atoms with Crippen molar-refractivity contribution in [2.75, 3.05) is 26.2 Å². The van der Waals surface area contributed by atoms with Crippen molar-refractivity contribution in [1.29, 1.82) is 0 Å². The summed E-state index contributed by atoms with van der Waals surface area (Å²) in [5, 5.41) is 2.46. The Morgan fingerprint density at radius 3 is 1.97 bits per heavy atom. The van der Waals surface area contributed by atoms with Gasteiger partial charge in [-0.05, 0) is 35.7 Å². The molecule has 1 aromatic heterocycles. The van der Waals surface area contributed by atoms with Crippen LogP contribution in [0.15, 0.2) is 83.1 Å². The highest BCUT2D eigenvalue weighted by Gasteiger charge is 2.39. The highest BCUT2D eigenvalue weighted by atomic mass is 32.2. The van der Waals surface area contributed by atoms with Gasteiger partial charge in [0, 0.05) is 31.7 Å². The minimum Gasteiger partial charge on any atom is -0.336 e. The first-order chi connectivity index (χ1) is 16.4. The summed E-state index contributed by atoms with van der Waals surface area (Å²) in [6.07, 6.45) is 0. The number of nitrogens with one attached hydrogen (secondary N) is 1. The van der Waals surface area contributed by atoms with Crippen LogP contribution in [0.3, 0.4) is 0 Å². The van der Waals surface area contributed by atoms with Crippen molar-refractivity contribution >= 4 is 38.9 Å². The Kier molecular flexibility index (Phi) is 7.09. The molecule has 1 fully saturated rings. The number of amides is 3. The topological polar surface area (TPSA) is 104 Å². The van der Waals surface area contributed by atoms with Crippen LogP contribution in [0.5, 0.6) is 0 Å². The molecule has 1 N–H and O–H groups in total. The Morgan fingerprint density at radius 2 is 1.38 bits per heavy atom. The number of hydrogen-bond donors (Lipinski definition) is 1. The van der Waals surface area contributed by atoms with E-state index >= 15 is 0 Å². The second kappa shape index (κ2) is 10.2. The van der Waals surface area contributed by atoms with Crippen LogP contribution in [-0.4, -0.2) is 67.5 Å². The summed E-state index contributed by atoms with van der Waals surface area (Å²) in [6, 6.07) is 19.2. The predicted octanol–water partition coefficient (Wildman–Crippen LogP) is 2.26. The van der Waals surface area contributed by atoms with Gasteiger partial charge < -0.3 is 15.1 Å².